The number of hydrogen-bond donors (Lipinski definition) is 1. The molecule has 0 saturated heterocycles. The minimum absolute atomic E-state index is 0.127. The molecular formula is C12H19F2NO2. The van der Waals surface area contributed by atoms with Gasteiger partial charge >= 0.3 is 0 Å². The zero-order chi connectivity index (χ0) is 12.8. The van der Waals surface area contributed by atoms with Gasteiger partial charge in [-0.3, -0.25) is 0 Å². The second kappa shape index (κ2) is 6.71. The average molecular weight is 247 g/mol. The molecule has 1 unspecified atom stereocenters. The molecule has 1 aromatic rings. The van der Waals surface area contributed by atoms with Gasteiger partial charge in [-0.15, -0.1) is 0 Å². The van der Waals surface area contributed by atoms with Gasteiger partial charge in [0.25, 0.3) is 6.43 Å². The largest absolute Gasteiger partial charge is 0.466 e. The molecule has 1 atom stereocenters. The molecule has 0 radical (unpaired) electrons. The topological polar surface area (TPSA) is 34.4 Å². The van der Waals surface area contributed by atoms with Gasteiger partial charge in [0.15, 0.2) is 0 Å². The standard InChI is InChI=1S/C12H19F2NO2/c1-8-6-11(10(3)17-8)9(2)15-4-5-16-7-12(13)14/h6,9,12,15H,4-5,7H2,1-3H3. The minimum Gasteiger partial charge on any atom is -0.466 e. The predicted molar refractivity (Wildman–Crippen MR) is 61.4 cm³/mol. The van der Waals surface area contributed by atoms with Crippen LogP contribution in [0, 0.1) is 13.8 Å². The molecule has 17 heavy (non-hydrogen) atoms. The van der Waals surface area contributed by atoms with Crippen molar-refractivity contribution in [3.05, 3.63) is 23.2 Å². The van der Waals surface area contributed by atoms with E-state index in [4.69, 9.17) is 9.15 Å². The summed E-state index contributed by atoms with van der Waals surface area (Å²) >= 11 is 0. The highest BCUT2D eigenvalue weighted by molar-refractivity contribution is 5.23. The molecule has 1 aromatic heterocycles. The number of furan rings is 1. The summed E-state index contributed by atoms with van der Waals surface area (Å²) in [5.74, 6) is 1.76. The van der Waals surface area contributed by atoms with Gasteiger partial charge in [0.2, 0.25) is 0 Å². The highest BCUT2D eigenvalue weighted by atomic mass is 19.3. The molecule has 1 N–H and O–H groups in total. The maximum absolute atomic E-state index is 11.8. The molecule has 0 aromatic carbocycles. The van der Waals surface area contributed by atoms with Crippen LogP contribution in [0.4, 0.5) is 8.78 Å². The van der Waals surface area contributed by atoms with Crippen LogP contribution in [0.5, 0.6) is 0 Å². The Morgan fingerprint density at radius 2 is 2.12 bits per heavy atom. The molecule has 1 heterocycles. The maximum Gasteiger partial charge on any atom is 0.261 e. The number of rotatable bonds is 7. The van der Waals surface area contributed by atoms with Crippen molar-refractivity contribution in [3.63, 3.8) is 0 Å². The molecule has 0 aliphatic heterocycles. The van der Waals surface area contributed by atoms with Gasteiger partial charge in [0, 0.05) is 18.2 Å². The number of alkyl halides is 2. The molecule has 1 rings (SSSR count). The monoisotopic (exact) mass is 247 g/mol. The molecule has 3 nitrogen and oxygen atoms in total. The van der Waals surface area contributed by atoms with Gasteiger partial charge in [-0.1, -0.05) is 0 Å². The van der Waals surface area contributed by atoms with Crippen molar-refractivity contribution in [2.24, 2.45) is 0 Å². The summed E-state index contributed by atoms with van der Waals surface area (Å²) < 4.78 is 33.8. The third-order valence-corrected chi connectivity index (χ3v) is 2.49. The molecular weight excluding hydrogens is 228 g/mol. The Morgan fingerprint density at radius 3 is 2.65 bits per heavy atom. The summed E-state index contributed by atoms with van der Waals surface area (Å²) in [6.07, 6.45) is -2.40. The lowest BCUT2D eigenvalue weighted by molar-refractivity contribution is 0.0183. The zero-order valence-corrected chi connectivity index (χ0v) is 10.4. The van der Waals surface area contributed by atoms with E-state index in [1.807, 2.05) is 26.8 Å². The van der Waals surface area contributed by atoms with Crippen molar-refractivity contribution >= 4 is 0 Å². The van der Waals surface area contributed by atoms with Crippen LogP contribution in [0.3, 0.4) is 0 Å². The Hall–Kier alpha value is -0.940. The van der Waals surface area contributed by atoms with E-state index in [1.54, 1.807) is 0 Å². The van der Waals surface area contributed by atoms with Crippen LogP contribution in [-0.2, 0) is 4.74 Å². The second-order valence-corrected chi connectivity index (χ2v) is 4.01. The summed E-state index contributed by atoms with van der Waals surface area (Å²) in [5, 5.41) is 3.20. The summed E-state index contributed by atoms with van der Waals surface area (Å²) in [6, 6.07) is 2.11. The van der Waals surface area contributed by atoms with Gasteiger partial charge in [-0.25, -0.2) is 8.78 Å². The number of nitrogens with one attached hydrogen (secondary N) is 1. The first-order chi connectivity index (χ1) is 8.00. The smallest absolute Gasteiger partial charge is 0.261 e. The lowest BCUT2D eigenvalue weighted by atomic mass is 10.1. The lowest BCUT2D eigenvalue weighted by Crippen LogP contribution is -2.24. The van der Waals surface area contributed by atoms with Crippen LogP contribution in [0.1, 0.15) is 30.0 Å². The van der Waals surface area contributed by atoms with Gasteiger partial charge in [0.1, 0.15) is 18.1 Å². The van der Waals surface area contributed by atoms with Crippen LogP contribution < -0.4 is 5.32 Å². The van der Waals surface area contributed by atoms with E-state index in [-0.39, 0.29) is 12.6 Å². The summed E-state index contributed by atoms with van der Waals surface area (Å²) in [7, 11) is 0. The van der Waals surface area contributed by atoms with Crippen LogP contribution in [-0.4, -0.2) is 26.2 Å². The van der Waals surface area contributed by atoms with Crippen molar-refractivity contribution in [1.82, 2.24) is 5.32 Å². The number of aryl methyl sites for hydroxylation is 2. The fraction of sp³-hybridized carbons (Fsp3) is 0.667. The van der Waals surface area contributed by atoms with E-state index in [0.29, 0.717) is 6.54 Å². The highest BCUT2D eigenvalue weighted by Crippen LogP contribution is 2.20. The van der Waals surface area contributed by atoms with Crippen molar-refractivity contribution < 1.29 is 17.9 Å². The van der Waals surface area contributed by atoms with E-state index < -0.39 is 13.0 Å². The van der Waals surface area contributed by atoms with E-state index in [2.05, 4.69) is 5.32 Å². The molecule has 0 fully saturated rings. The van der Waals surface area contributed by atoms with Gasteiger partial charge < -0.3 is 14.5 Å². The normalized spacial score (nSPS) is 13.3. The summed E-state index contributed by atoms with van der Waals surface area (Å²) in [5.41, 5.74) is 1.09. The van der Waals surface area contributed by atoms with Gasteiger partial charge in [0.05, 0.1) is 6.61 Å². The first-order valence-electron chi connectivity index (χ1n) is 5.67. The van der Waals surface area contributed by atoms with Crippen molar-refractivity contribution in [2.45, 2.75) is 33.2 Å². The Bertz CT molecular complexity index is 339. The summed E-state index contributed by atoms with van der Waals surface area (Å²) in [6.45, 7) is 6.13. The quantitative estimate of drug-likeness (QED) is 0.752. The molecule has 0 aliphatic rings. The predicted octanol–water partition coefficient (Wildman–Crippen LogP) is 2.83. The third-order valence-electron chi connectivity index (χ3n) is 2.49. The van der Waals surface area contributed by atoms with Crippen LogP contribution in [0.2, 0.25) is 0 Å². The van der Waals surface area contributed by atoms with E-state index in [1.165, 1.54) is 0 Å². The first-order valence-corrected chi connectivity index (χ1v) is 5.67. The SMILES string of the molecule is Cc1cc(C(C)NCCOCC(F)F)c(C)o1. The van der Waals surface area contributed by atoms with E-state index in [9.17, 15) is 8.78 Å². The number of ether oxygens (including phenoxy) is 1. The number of hydrogen-bond acceptors (Lipinski definition) is 3. The highest BCUT2D eigenvalue weighted by Gasteiger charge is 2.11. The molecule has 0 saturated carbocycles. The molecule has 0 aliphatic carbocycles. The zero-order valence-electron chi connectivity index (χ0n) is 10.4. The number of halogens is 2. The molecule has 0 bridgehead atoms. The molecule has 98 valence electrons. The minimum atomic E-state index is -2.40. The Labute approximate surface area is 100 Å². The molecule has 0 spiro atoms. The van der Waals surface area contributed by atoms with Crippen LogP contribution in [0.15, 0.2) is 10.5 Å². The van der Waals surface area contributed by atoms with Crippen molar-refractivity contribution in [1.29, 1.82) is 0 Å². The van der Waals surface area contributed by atoms with Crippen molar-refractivity contribution in [3.8, 4) is 0 Å². The van der Waals surface area contributed by atoms with Gasteiger partial charge in [-0.2, -0.15) is 0 Å². The fourth-order valence-corrected chi connectivity index (χ4v) is 1.71. The lowest BCUT2D eigenvalue weighted by Gasteiger charge is -2.13. The Kier molecular flexibility index (Phi) is 5.58. The Morgan fingerprint density at radius 1 is 1.41 bits per heavy atom. The van der Waals surface area contributed by atoms with Gasteiger partial charge in [-0.05, 0) is 26.8 Å². The maximum atomic E-state index is 11.8. The average Bonchev–Trinajstić information content (AvgIpc) is 2.56. The third kappa shape index (κ3) is 4.83. The van der Waals surface area contributed by atoms with Crippen LogP contribution >= 0.6 is 0 Å². The first kappa shape index (κ1) is 14.1. The Balaban J connectivity index is 2.25. The van der Waals surface area contributed by atoms with E-state index in [0.717, 1.165) is 17.1 Å². The fourth-order valence-electron chi connectivity index (χ4n) is 1.71. The van der Waals surface area contributed by atoms with Crippen LogP contribution in [0.25, 0.3) is 0 Å². The summed E-state index contributed by atoms with van der Waals surface area (Å²) in [4.78, 5) is 0. The molecule has 5 heteroatoms. The van der Waals surface area contributed by atoms with E-state index >= 15 is 0 Å². The second-order valence-electron chi connectivity index (χ2n) is 4.01. The molecule has 0 amide bonds. The van der Waals surface area contributed by atoms with Crippen molar-refractivity contribution in [2.75, 3.05) is 19.8 Å².